The van der Waals surface area contributed by atoms with E-state index in [1.165, 1.54) is 11.1 Å². The molecule has 2 aliphatic carbocycles. The van der Waals surface area contributed by atoms with E-state index in [0.717, 1.165) is 24.8 Å². The summed E-state index contributed by atoms with van der Waals surface area (Å²) in [5.41, 5.74) is 3.98. The highest BCUT2D eigenvalue weighted by Gasteiger charge is 2.60. The average Bonchev–Trinajstić information content (AvgIpc) is 3.13. The third-order valence-electron chi connectivity index (χ3n) is 5.89. The largest absolute Gasteiger partial charge is 0.459 e. The van der Waals surface area contributed by atoms with Gasteiger partial charge in [0.1, 0.15) is 6.10 Å². The van der Waals surface area contributed by atoms with Crippen LogP contribution in [0.3, 0.4) is 0 Å². The molecule has 1 aromatic carbocycles. The fraction of sp³-hybridized carbons (Fsp3) is 0.458. The molecule has 0 amide bonds. The minimum Gasteiger partial charge on any atom is -0.459 e. The van der Waals surface area contributed by atoms with Gasteiger partial charge in [-0.25, -0.2) is 4.79 Å². The fourth-order valence-corrected chi connectivity index (χ4v) is 4.24. The molecule has 1 aromatic rings. The quantitative estimate of drug-likeness (QED) is 0.382. The molecule has 0 aromatic heterocycles. The third kappa shape index (κ3) is 4.35. The van der Waals surface area contributed by atoms with Crippen molar-refractivity contribution in [2.24, 2.45) is 17.3 Å². The number of carbonyl (C=O) groups is 1. The summed E-state index contributed by atoms with van der Waals surface area (Å²) in [5, 5.41) is 0. The van der Waals surface area contributed by atoms with E-state index < -0.39 is 0 Å². The van der Waals surface area contributed by atoms with E-state index in [4.69, 9.17) is 4.74 Å². The van der Waals surface area contributed by atoms with Crippen LogP contribution >= 0.6 is 0 Å². The van der Waals surface area contributed by atoms with Gasteiger partial charge < -0.3 is 4.74 Å². The van der Waals surface area contributed by atoms with E-state index in [9.17, 15) is 4.79 Å². The van der Waals surface area contributed by atoms with E-state index in [-0.39, 0.29) is 17.5 Å². The number of benzene rings is 1. The van der Waals surface area contributed by atoms with Gasteiger partial charge in [0, 0.05) is 18.4 Å². The first kappa shape index (κ1) is 18.7. The first-order chi connectivity index (χ1) is 12.4. The molecule has 2 nitrogen and oxygen atoms in total. The number of rotatable bonds is 3. The fourth-order valence-electron chi connectivity index (χ4n) is 4.24. The SMILES string of the molecule is C/C1=C\C2C([C@@H](OC(=O)/C=C/c3ccccc3)C/C(C)=C/CC1)C2(C)C. The summed E-state index contributed by atoms with van der Waals surface area (Å²) >= 11 is 0. The number of hydrogen-bond donors (Lipinski definition) is 0. The Hall–Kier alpha value is -2.09. The molecule has 0 bridgehead atoms. The second-order valence-electron chi connectivity index (χ2n) is 8.40. The summed E-state index contributed by atoms with van der Waals surface area (Å²) in [7, 11) is 0. The summed E-state index contributed by atoms with van der Waals surface area (Å²) in [6, 6.07) is 9.86. The van der Waals surface area contributed by atoms with Crippen LogP contribution in [-0.2, 0) is 9.53 Å². The predicted octanol–water partition coefficient (Wildman–Crippen LogP) is 5.96. The van der Waals surface area contributed by atoms with Crippen molar-refractivity contribution in [1.29, 1.82) is 0 Å². The molecular formula is C24H30O2. The lowest BCUT2D eigenvalue weighted by Crippen LogP contribution is -2.22. The predicted molar refractivity (Wildman–Crippen MR) is 107 cm³/mol. The molecule has 0 saturated heterocycles. The van der Waals surface area contributed by atoms with Crippen LogP contribution in [0.15, 0.2) is 59.7 Å². The van der Waals surface area contributed by atoms with Crippen LogP contribution in [0.5, 0.6) is 0 Å². The van der Waals surface area contributed by atoms with Crippen molar-refractivity contribution in [3.63, 3.8) is 0 Å². The van der Waals surface area contributed by atoms with Crippen LogP contribution in [0, 0.1) is 17.3 Å². The second-order valence-corrected chi connectivity index (χ2v) is 8.40. The number of hydrogen-bond acceptors (Lipinski definition) is 2. The van der Waals surface area contributed by atoms with Crippen molar-refractivity contribution >= 4 is 12.0 Å². The van der Waals surface area contributed by atoms with Crippen LogP contribution < -0.4 is 0 Å². The molecule has 0 heterocycles. The average molecular weight is 351 g/mol. The maximum absolute atomic E-state index is 12.4. The van der Waals surface area contributed by atoms with Crippen molar-refractivity contribution in [1.82, 2.24) is 0 Å². The Bertz CT molecular complexity index is 737. The van der Waals surface area contributed by atoms with Crippen LogP contribution in [0.4, 0.5) is 0 Å². The zero-order valence-electron chi connectivity index (χ0n) is 16.4. The van der Waals surface area contributed by atoms with E-state index in [2.05, 4.69) is 39.8 Å². The Balaban J connectivity index is 1.74. The molecule has 0 aliphatic heterocycles. The van der Waals surface area contributed by atoms with Crippen molar-refractivity contribution in [2.45, 2.75) is 53.1 Å². The first-order valence-corrected chi connectivity index (χ1v) is 9.64. The van der Waals surface area contributed by atoms with Gasteiger partial charge in [0.15, 0.2) is 0 Å². The standard InChI is InChI=1S/C24H30O2/c1-17-9-8-10-18(2)16-21(23-20(15-17)24(23,3)4)26-22(25)14-13-19-11-6-5-7-12-19/h5-7,10-15,20-21,23H,8-9,16H2,1-4H3/b14-13+,17-15+,18-10+/t20?,21-,23?/m0/s1. The van der Waals surface area contributed by atoms with E-state index in [1.807, 2.05) is 36.4 Å². The topological polar surface area (TPSA) is 26.3 Å². The molecule has 0 spiro atoms. The Labute approximate surface area is 157 Å². The Kier molecular flexibility index (Phi) is 5.50. The Morgan fingerprint density at radius 3 is 2.62 bits per heavy atom. The lowest BCUT2D eigenvalue weighted by molar-refractivity contribution is -0.144. The van der Waals surface area contributed by atoms with Crippen LogP contribution in [0.25, 0.3) is 6.08 Å². The molecule has 2 aliphatic rings. The van der Waals surface area contributed by atoms with Crippen LogP contribution in [-0.4, -0.2) is 12.1 Å². The van der Waals surface area contributed by atoms with Gasteiger partial charge >= 0.3 is 5.97 Å². The summed E-state index contributed by atoms with van der Waals surface area (Å²) < 4.78 is 5.94. The highest BCUT2D eigenvalue weighted by atomic mass is 16.5. The molecule has 0 N–H and O–H groups in total. The van der Waals surface area contributed by atoms with Gasteiger partial charge in [0.05, 0.1) is 0 Å². The first-order valence-electron chi connectivity index (χ1n) is 9.64. The maximum atomic E-state index is 12.4. The Morgan fingerprint density at radius 2 is 1.88 bits per heavy atom. The zero-order chi connectivity index (χ0) is 18.7. The molecule has 2 heteroatoms. The molecule has 3 atom stereocenters. The molecule has 1 fully saturated rings. The summed E-state index contributed by atoms with van der Waals surface area (Å²) in [4.78, 5) is 12.4. The highest BCUT2D eigenvalue weighted by molar-refractivity contribution is 5.87. The van der Waals surface area contributed by atoms with Crippen molar-refractivity contribution < 1.29 is 9.53 Å². The highest BCUT2D eigenvalue weighted by Crippen LogP contribution is 2.62. The minimum atomic E-state index is -0.245. The summed E-state index contributed by atoms with van der Waals surface area (Å²) in [6.07, 6.45) is 11.1. The summed E-state index contributed by atoms with van der Waals surface area (Å²) in [5.74, 6) is 0.656. The van der Waals surface area contributed by atoms with Crippen molar-refractivity contribution in [2.75, 3.05) is 0 Å². The van der Waals surface area contributed by atoms with Gasteiger partial charge in [0.2, 0.25) is 0 Å². The molecule has 3 rings (SSSR count). The van der Waals surface area contributed by atoms with Crippen LogP contribution in [0.1, 0.15) is 52.5 Å². The van der Waals surface area contributed by atoms with E-state index in [0.29, 0.717) is 11.8 Å². The number of esters is 1. The van der Waals surface area contributed by atoms with Gasteiger partial charge in [-0.2, -0.15) is 0 Å². The van der Waals surface area contributed by atoms with Gasteiger partial charge in [0.25, 0.3) is 0 Å². The monoisotopic (exact) mass is 350 g/mol. The second kappa shape index (κ2) is 7.65. The minimum absolute atomic E-state index is 0.0543. The van der Waals surface area contributed by atoms with Gasteiger partial charge in [-0.15, -0.1) is 0 Å². The van der Waals surface area contributed by atoms with Gasteiger partial charge in [-0.05, 0) is 49.7 Å². The maximum Gasteiger partial charge on any atom is 0.331 e. The van der Waals surface area contributed by atoms with Crippen LogP contribution in [0.2, 0.25) is 0 Å². The smallest absolute Gasteiger partial charge is 0.331 e. The molecular weight excluding hydrogens is 320 g/mol. The van der Waals surface area contributed by atoms with E-state index in [1.54, 1.807) is 6.08 Å². The third-order valence-corrected chi connectivity index (χ3v) is 5.89. The molecule has 0 radical (unpaired) electrons. The number of allylic oxidation sites excluding steroid dienone is 3. The number of carbonyl (C=O) groups excluding carboxylic acids is 1. The summed E-state index contributed by atoms with van der Waals surface area (Å²) in [6.45, 7) is 8.97. The van der Waals surface area contributed by atoms with Gasteiger partial charge in [-0.3, -0.25) is 0 Å². The zero-order valence-corrected chi connectivity index (χ0v) is 16.4. The molecule has 138 valence electrons. The molecule has 26 heavy (non-hydrogen) atoms. The van der Waals surface area contributed by atoms with Gasteiger partial charge in [-0.1, -0.05) is 67.5 Å². The number of ether oxygens (including phenoxy) is 1. The van der Waals surface area contributed by atoms with Crippen molar-refractivity contribution in [3.8, 4) is 0 Å². The number of fused-ring (bicyclic) bond motifs is 1. The molecule has 1 saturated carbocycles. The molecule has 2 unspecified atom stereocenters. The van der Waals surface area contributed by atoms with E-state index >= 15 is 0 Å². The Morgan fingerprint density at radius 1 is 1.15 bits per heavy atom. The lowest BCUT2D eigenvalue weighted by Gasteiger charge is -2.20. The normalized spacial score (nSPS) is 31.9. The van der Waals surface area contributed by atoms with Crippen molar-refractivity contribution in [3.05, 3.63) is 65.3 Å². The lowest BCUT2D eigenvalue weighted by atomic mass is 9.98.